The standard InChI is InChI=1S/C7H8O.C4H4S/c1-8-7-5-3-2-4-6-7;1-2-4-5-3-1/h2-6H,1H3;1-4H. The quantitative estimate of drug-likeness (QED) is 0.672. The van der Waals surface area contributed by atoms with E-state index in [0.29, 0.717) is 0 Å². The van der Waals surface area contributed by atoms with Gasteiger partial charge in [-0.05, 0) is 22.9 Å². The Morgan fingerprint density at radius 3 is 1.85 bits per heavy atom. The van der Waals surface area contributed by atoms with Gasteiger partial charge in [-0.15, -0.1) is 0 Å². The molecule has 2 rings (SSSR count). The van der Waals surface area contributed by atoms with Crippen LogP contribution in [0.2, 0.25) is 0 Å². The van der Waals surface area contributed by atoms with Crippen LogP contribution in [0.25, 0.3) is 0 Å². The van der Waals surface area contributed by atoms with E-state index in [1.165, 1.54) is 0 Å². The van der Waals surface area contributed by atoms with E-state index >= 15 is 0 Å². The largest absolute Gasteiger partial charge is 0.497 e. The van der Waals surface area contributed by atoms with Gasteiger partial charge >= 0.3 is 0 Å². The van der Waals surface area contributed by atoms with Crippen LogP contribution < -0.4 is 4.74 Å². The van der Waals surface area contributed by atoms with Crippen molar-refractivity contribution in [1.82, 2.24) is 0 Å². The third-order valence-corrected chi connectivity index (χ3v) is 2.03. The fourth-order valence-electron chi connectivity index (χ4n) is 0.783. The molecule has 68 valence electrons. The minimum atomic E-state index is 0.910. The summed E-state index contributed by atoms with van der Waals surface area (Å²) in [4.78, 5) is 0. The summed E-state index contributed by atoms with van der Waals surface area (Å²) in [5, 5.41) is 4.08. The predicted molar refractivity (Wildman–Crippen MR) is 57.3 cm³/mol. The third kappa shape index (κ3) is 4.33. The first-order valence-electron chi connectivity index (χ1n) is 3.99. The zero-order chi connectivity index (χ0) is 9.36. The Morgan fingerprint density at radius 1 is 0.923 bits per heavy atom. The number of para-hydroxylation sites is 1. The summed E-state index contributed by atoms with van der Waals surface area (Å²) in [6, 6.07) is 13.7. The summed E-state index contributed by atoms with van der Waals surface area (Å²) < 4.78 is 4.91. The molecule has 0 saturated heterocycles. The van der Waals surface area contributed by atoms with Gasteiger partial charge in [0.25, 0.3) is 0 Å². The average molecular weight is 192 g/mol. The number of methoxy groups -OCH3 is 1. The van der Waals surface area contributed by atoms with Gasteiger partial charge < -0.3 is 4.74 Å². The van der Waals surface area contributed by atoms with Crippen LogP contribution in [0, 0.1) is 0 Å². The smallest absolute Gasteiger partial charge is 0.118 e. The van der Waals surface area contributed by atoms with Crippen molar-refractivity contribution < 1.29 is 4.74 Å². The SMILES string of the molecule is COc1ccccc1.c1ccsc1. The topological polar surface area (TPSA) is 9.23 Å². The molecule has 0 aliphatic carbocycles. The zero-order valence-electron chi connectivity index (χ0n) is 7.51. The maximum Gasteiger partial charge on any atom is 0.118 e. The van der Waals surface area contributed by atoms with E-state index in [2.05, 4.69) is 0 Å². The Balaban J connectivity index is 0.000000145. The second-order valence-corrected chi connectivity index (χ2v) is 3.13. The molecule has 0 aliphatic heterocycles. The molecule has 1 heterocycles. The molecule has 0 spiro atoms. The Kier molecular flexibility index (Phi) is 4.72. The molecule has 0 unspecified atom stereocenters. The van der Waals surface area contributed by atoms with Crippen LogP contribution in [0.1, 0.15) is 0 Å². The van der Waals surface area contributed by atoms with Crippen molar-refractivity contribution in [2.45, 2.75) is 0 Å². The Hall–Kier alpha value is -1.28. The highest BCUT2D eigenvalue weighted by molar-refractivity contribution is 7.07. The van der Waals surface area contributed by atoms with Gasteiger partial charge in [0, 0.05) is 0 Å². The van der Waals surface area contributed by atoms with Crippen molar-refractivity contribution in [3.63, 3.8) is 0 Å². The van der Waals surface area contributed by atoms with Crippen LogP contribution in [-0.2, 0) is 0 Å². The van der Waals surface area contributed by atoms with Crippen molar-refractivity contribution in [2.24, 2.45) is 0 Å². The number of rotatable bonds is 1. The van der Waals surface area contributed by atoms with E-state index in [1.807, 2.05) is 53.2 Å². The van der Waals surface area contributed by atoms with Gasteiger partial charge in [0.1, 0.15) is 5.75 Å². The summed E-state index contributed by atoms with van der Waals surface area (Å²) in [5.74, 6) is 0.910. The lowest BCUT2D eigenvalue weighted by molar-refractivity contribution is 0.415. The summed E-state index contributed by atoms with van der Waals surface area (Å²) >= 11 is 1.71. The summed E-state index contributed by atoms with van der Waals surface area (Å²) in [7, 11) is 1.66. The van der Waals surface area contributed by atoms with Crippen molar-refractivity contribution in [1.29, 1.82) is 0 Å². The van der Waals surface area contributed by atoms with Crippen molar-refractivity contribution in [3.8, 4) is 5.75 Å². The maximum absolute atomic E-state index is 4.91. The summed E-state index contributed by atoms with van der Waals surface area (Å²) in [6.45, 7) is 0. The fraction of sp³-hybridized carbons (Fsp3) is 0.0909. The molecule has 0 bridgehead atoms. The minimum Gasteiger partial charge on any atom is -0.497 e. The van der Waals surface area contributed by atoms with Gasteiger partial charge in [0.2, 0.25) is 0 Å². The molecule has 1 aromatic carbocycles. The van der Waals surface area contributed by atoms with Crippen LogP contribution in [0.5, 0.6) is 5.75 Å². The lowest BCUT2D eigenvalue weighted by Gasteiger charge is -1.93. The summed E-state index contributed by atoms with van der Waals surface area (Å²) in [5.41, 5.74) is 0. The first-order valence-corrected chi connectivity index (χ1v) is 4.94. The van der Waals surface area contributed by atoms with Crippen molar-refractivity contribution >= 4 is 11.3 Å². The molecule has 0 amide bonds. The molecule has 13 heavy (non-hydrogen) atoms. The number of hydrogen-bond donors (Lipinski definition) is 0. The van der Waals surface area contributed by atoms with E-state index in [1.54, 1.807) is 18.4 Å². The molecular weight excluding hydrogens is 180 g/mol. The van der Waals surface area contributed by atoms with E-state index < -0.39 is 0 Å². The molecule has 2 heteroatoms. The highest BCUT2D eigenvalue weighted by atomic mass is 32.1. The zero-order valence-corrected chi connectivity index (χ0v) is 8.33. The number of thiophene rings is 1. The fourth-order valence-corrected chi connectivity index (χ4v) is 1.24. The van der Waals surface area contributed by atoms with Gasteiger partial charge in [0.15, 0.2) is 0 Å². The number of ether oxygens (including phenoxy) is 1. The van der Waals surface area contributed by atoms with E-state index in [-0.39, 0.29) is 0 Å². The first kappa shape index (κ1) is 9.81. The molecule has 2 aromatic rings. The van der Waals surface area contributed by atoms with Gasteiger partial charge in [-0.1, -0.05) is 30.3 Å². The first-order chi connectivity index (χ1) is 6.43. The van der Waals surface area contributed by atoms with Crippen LogP contribution in [0.4, 0.5) is 0 Å². The van der Waals surface area contributed by atoms with Crippen LogP contribution in [0.3, 0.4) is 0 Å². The van der Waals surface area contributed by atoms with E-state index in [4.69, 9.17) is 4.74 Å². The van der Waals surface area contributed by atoms with E-state index in [0.717, 1.165) is 5.75 Å². The van der Waals surface area contributed by atoms with Crippen molar-refractivity contribution in [3.05, 3.63) is 53.2 Å². The Bertz CT molecular complexity index is 272. The molecule has 0 aliphatic rings. The average Bonchev–Trinajstić information content (AvgIpc) is 2.77. The molecule has 0 radical (unpaired) electrons. The minimum absolute atomic E-state index is 0.910. The van der Waals surface area contributed by atoms with Gasteiger partial charge in [-0.25, -0.2) is 0 Å². The molecule has 0 saturated carbocycles. The molecule has 0 atom stereocenters. The predicted octanol–water partition coefficient (Wildman–Crippen LogP) is 3.44. The second-order valence-electron chi connectivity index (χ2n) is 2.31. The number of hydrogen-bond acceptors (Lipinski definition) is 2. The van der Waals surface area contributed by atoms with Crippen LogP contribution >= 0.6 is 11.3 Å². The highest BCUT2D eigenvalue weighted by Gasteiger charge is 1.80. The Morgan fingerprint density at radius 2 is 1.54 bits per heavy atom. The molecular formula is C11H12OS. The third-order valence-electron chi connectivity index (χ3n) is 1.40. The van der Waals surface area contributed by atoms with Crippen LogP contribution in [0.15, 0.2) is 53.2 Å². The number of benzene rings is 1. The van der Waals surface area contributed by atoms with Crippen molar-refractivity contribution in [2.75, 3.05) is 7.11 Å². The maximum atomic E-state index is 4.91. The molecule has 1 aromatic heterocycles. The monoisotopic (exact) mass is 192 g/mol. The molecule has 0 N–H and O–H groups in total. The van der Waals surface area contributed by atoms with Crippen LogP contribution in [-0.4, -0.2) is 7.11 Å². The molecule has 0 fully saturated rings. The molecule has 1 nitrogen and oxygen atoms in total. The summed E-state index contributed by atoms with van der Waals surface area (Å²) in [6.07, 6.45) is 0. The lowest BCUT2D eigenvalue weighted by Crippen LogP contribution is -1.78. The van der Waals surface area contributed by atoms with Gasteiger partial charge in [-0.2, -0.15) is 11.3 Å². The lowest BCUT2D eigenvalue weighted by atomic mass is 10.3. The highest BCUT2D eigenvalue weighted by Crippen LogP contribution is 2.05. The Labute approximate surface area is 82.6 Å². The second kappa shape index (κ2) is 6.26. The van der Waals surface area contributed by atoms with E-state index in [9.17, 15) is 0 Å². The van der Waals surface area contributed by atoms with Gasteiger partial charge in [0.05, 0.1) is 7.11 Å². The normalized spacial score (nSPS) is 8.38. The van der Waals surface area contributed by atoms with Gasteiger partial charge in [-0.3, -0.25) is 0 Å².